The summed E-state index contributed by atoms with van der Waals surface area (Å²) in [6, 6.07) is 9.98. The van der Waals surface area contributed by atoms with Crippen molar-refractivity contribution in [3.05, 3.63) is 60.2 Å². The zero-order chi connectivity index (χ0) is 23.7. The van der Waals surface area contributed by atoms with Crippen LogP contribution in [0.3, 0.4) is 0 Å². The van der Waals surface area contributed by atoms with E-state index in [0.717, 1.165) is 5.56 Å². The molecule has 1 aliphatic carbocycles. The maximum atomic E-state index is 13.1. The quantitative estimate of drug-likeness (QED) is 0.426. The van der Waals surface area contributed by atoms with E-state index in [2.05, 4.69) is 16.7 Å². The zero-order valence-electron chi connectivity index (χ0n) is 19.3. The molecule has 1 aromatic rings. The van der Waals surface area contributed by atoms with Crippen LogP contribution in [0, 0.1) is 10.8 Å². The van der Waals surface area contributed by atoms with Crippen molar-refractivity contribution in [2.45, 2.75) is 56.8 Å². The van der Waals surface area contributed by atoms with E-state index in [1.165, 1.54) is 0 Å². The fraction of sp³-hybridized carbons (Fsp3) is 0.538. The number of aliphatic hydroxyl groups excluding tert-OH is 1. The molecular weight excluding hydrogens is 420 g/mol. The molecule has 1 amide bonds. The Hall–Kier alpha value is -2.48. The molecular formula is C26H34N2O5. The lowest BCUT2D eigenvalue weighted by atomic mass is 9.57. The number of carboxylic acid groups (broad SMARTS) is 1. The predicted molar refractivity (Wildman–Crippen MR) is 125 cm³/mol. The molecule has 7 heteroatoms. The van der Waals surface area contributed by atoms with E-state index in [4.69, 9.17) is 4.74 Å². The number of allylic oxidation sites excluding steroid dienone is 2. The van der Waals surface area contributed by atoms with Gasteiger partial charge < -0.3 is 25.6 Å². The third-order valence-electron chi connectivity index (χ3n) is 8.24. The lowest BCUT2D eigenvalue weighted by Crippen LogP contribution is -2.59. The van der Waals surface area contributed by atoms with Gasteiger partial charge in [0.15, 0.2) is 0 Å². The molecule has 2 fully saturated rings. The minimum Gasteiger partial charge on any atom is -0.481 e. The molecule has 0 spiro atoms. The van der Waals surface area contributed by atoms with Crippen molar-refractivity contribution in [1.29, 1.82) is 0 Å². The van der Waals surface area contributed by atoms with Crippen molar-refractivity contribution < 1.29 is 24.5 Å². The van der Waals surface area contributed by atoms with Gasteiger partial charge in [-0.05, 0) is 45.2 Å². The lowest BCUT2D eigenvalue weighted by molar-refractivity contribution is -0.163. The van der Waals surface area contributed by atoms with Crippen molar-refractivity contribution in [2.24, 2.45) is 10.8 Å². The highest BCUT2D eigenvalue weighted by atomic mass is 16.5. The van der Waals surface area contributed by atoms with Crippen LogP contribution in [0.5, 0.6) is 0 Å². The van der Waals surface area contributed by atoms with Gasteiger partial charge in [0, 0.05) is 18.5 Å². The Kier molecular flexibility index (Phi) is 6.49. The molecule has 3 aliphatic rings. The van der Waals surface area contributed by atoms with E-state index in [1.807, 2.05) is 48.6 Å². The van der Waals surface area contributed by atoms with Crippen LogP contribution in [-0.4, -0.2) is 60.0 Å². The Labute approximate surface area is 194 Å². The molecule has 0 aromatic heterocycles. The molecule has 2 heterocycles. The SMILES string of the molecule is CC1(C(=O)O)C2CCC(O2)C1(C)C(=O)NCCNCCC1(c2ccccc2)C=CC=CC1O. The number of hydrogen-bond acceptors (Lipinski definition) is 5. The smallest absolute Gasteiger partial charge is 0.313 e. The summed E-state index contributed by atoms with van der Waals surface area (Å²) in [5, 5.41) is 26.9. The van der Waals surface area contributed by atoms with E-state index < -0.39 is 34.4 Å². The van der Waals surface area contributed by atoms with Gasteiger partial charge in [-0.25, -0.2) is 0 Å². The highest BCUT2D eigenvalue weighted by Gasteiger charge is 2.71. The summed E-state index contributed by atoms with van der Waals surface area (Å²) in [6.45, 7) is 4.94. The number of aliphatic hydroxyl groups is 1. The molecule has 2 bridgehead atoms. The number of amides is 1. The largest absolute Gasteiger partial charge is 0.481 e. The molecule has 178 valence electrons. The summed E-state index contributed by atoms with van der Waals surface area (Å²) in [5.74, 6) is -1.25. The van der Waals surface area contributed by atoms with Crippen LogP contribution in [0.25, 0.3) is 0 Å². The first kappa shape index (κ1) is 23.7. The topological polar surface area (TPSA) is 108 Å². The van der Waals surface area contributed by atoms with E-state index in [0.29, 0.717) is 38.9 Å². The first-order valence-electron chi connectivity index (χ1n) is 11.7. The van der Waals surface area contributed by atoms with Crippen LogP contribution in [0.15, 0.2) is 54.6 Å². The average Bonchev–Trinajstić information content (AvgIpc) is 3.39. The lowest BCUT2D eigenvalue weighted by Gasteiger charge is -2.42. The van der Waals surface area contributed by atoms with E-state index in [-0.39, 0.29) is 12.0 Å². The van der Waals surface area contributed by atoms with Crippen molar-refractivity contribution in [2.75, 3.05) is 19.6 Å². The predicted octanol–water partition coefficient (Wildman–Crippen LogP) is 2.17. The van der Waals surface area contributed by atoms with Gasteiger partial charge in [-0.1, -0.05) is 54.6 Å². The second-order valence-corrected chi connectivity index (χ2v) is 9.75. The Morgan fingerprint density at radius 2 is 1.73 bits per heavy atom. The van der Waals surface area contributed by atoms with E-state index in [9.17, 15) is 19.8 Å². The fourth-order valence-corrected chi connectivity index (χ4v) is 5.82. The standard InChI is InChI=1S/C26H34N2O5/c1-24(20-11-12-21(33-20)25(24,2)23(31)32)22(30)28-17-16-27-15-14-26(13-7-6-10-19(26)29)18-8-4-3-5-9-18/h3-10,13,19-21,27,29H,11-12,14-17H2,1-2H3,(H,28,30)(H,31,32). The molecule has 7 nitrogen and oxygen atoms in total. The molecule has 0 radical (unpaired) electrons. The van der Waals surface area contributed by atoms with E-state index in [1.54, 1.807) is 13.8 Å². The number of carbonyl (C=O) groups is 2. The van der Waals surface area contributed by atoms with E-state index >= 15 is 0 Å². The Balaban J connectivity index is 1.31. The van der Waals surface area contributed by atoms with Crippen molar-refractivity contribution >= 4 is 11.9 Å². The molecule has 2 saturated heterocycles. The normalized spacial score (nSPS) is 36.8. The first-order chi connectivity index (χ1) is 15.8. The van der Waals surface area contributed by atoms with Gasteiger partial charge in [0.05, 0.1) is 23.7 Å². The number of ether oxygens (including phenoxy) is 1. The highest BCUT2D eigenvalue weighted by molar-refractivity contribution is 5.92. The summed E-state index contributed by atoms with van der Waals surface area (Å²) in [4.78, 5) is 25.2. The minimum atomic E-state index is -1.23. The van der Waals surface area contributed by atoms with Crippen LogP contribution in [-0.2, 0) is 19.7 Å². The summed E-state index contributed by atoms with van der Waals surface area (Å²) in [6.07, 6.45) is 8.37. The maximum Gasteiger partial charge on any atom is 0.313 e. The Bertz CT molecular complexity index is 947. The van der Waals surface area contributed by atoms with Crippen LogP contribution in [0.2, 0.25) is 0 Å². The number of carbonyl (C=O) groups excluding carboxylic acids is 1. The summed E-state index contributed by atoms with van der Waals surface area (Å²) in [5.41, 5.74) is -1.76. The molecule has 0 saturated carbocycles. The van der Waals surface area contributed by atoms with Crippen LogP contribution >= 0.6 is 0 Å². The zero-order valence-corrected chi connectivity index (χ0v) is 19.3. The van der Waals surface area contributed by atoms with Gasteiger partial charge in [-0.2, -0.15) is 0 Å². The Morgan fingerprint density at radius 1 is 1.03 bits per heavy atom. The molecule has 4 rings (SSSR count). The second-order valence-electron chi connectivity index (χ2n) is 9.75. The third-order valence-corrected chi connectivity index (χ3v) is 8.24. The molecule has 4 N–H and O–H groups in total. The number of aliphatic carboxylic acids is 1. The van der Waals surface area contributed by atoms with Crippen LogP contribution in [0.4, 0.5) is 0 Å². The van der Waals surface area contributed by atoms with Gasteiger partial charge in [0.2, 0.25) is 5.91 Å². The maximum absolute atomic E-state index is 13.1. The first-order valence-corrected chi connectivity index (χ1v) is 11.7. The van der Waals surface area contributed by atoms with Gasteiger partial charge in [-0.15, -0.1) is 0 Å². The van der Waals surface area contributed by atoms with Gasteiger partial charge in [0.25, 0.3) is 0 Å². The molecule has 33 heavy (non-hydrogen) atoms. The van der Waals surface area contributed by atoms with Crippen molar-refractivity contribution in [3.8, 4) is 0 Å². The van der Waals surface area contributed by atoms with Crippen LogP contribution in [0.1, 0.15) is 38.7 Å². The highest BCUT2D eigenvalue weighted by Crippen LogP contribution is 2.59. The second kappa shape index (κ2) is 9.05. The molecule has 6 unspecified atom stereocenters. The average molecular weight is 455 g/mol. The number of benzene rings is 1. The number of fused-ring (bicyclic) bond motifs is 2. The van der Waals surface area contributed by atoms with Crippen molar-refractivity contribution in [1.82, 2.24) is 10.6 Å². The summed E-state index contributed by atoms with van der Waals surface area (Å²) >= 11 is 0. The molecule has 6 atom stereocenters. The summed E-state index contributed by atoms with van der Waals surface area (Å²) < 4.78 is 5.87. The number of rotatable bonds is 9. The summed E-state index contributed by atoms with van der Waals surface area (Å²) in [7, 11) is 0. The van der Waals surface area contributed by atoms with Gasteiger partial charge in [-0.3, -0.25) is 9.59 Å². The number of hydrogen-bond donors (Lipinski definition) is 4. The third kappa shape index (κ3) is 3.72. The number of nitrogens with one attached hydrogen (secondary N) is 2. The van der Waals surface area contributed by atoms with Crippen LogP contribution < -0.4 is 10.6 Å². The number of carboxylic acids is 1. The Morgan fingerprint density at radius 3 is 2.39 bits per heavy atom. The van der Waals surface area contributed by atoms with Crippen molar-refractivity contribution in [3.63, 3.8) is 0 Å². The monoisotopic (exact) mass is 454 g/mol. The van der Waals surface area contributed by atoms with Gasteiger partial charge >= 0.3 is 5.97 Å². The molecule has 1 aromatic carbocycles. The van der Waals surface area contributed by atoms with Gasteiger partial charge in [0.1, 0.15) is 5.41 Å². The minimum absolute atomic E-state index is 0.266. The molecule has 2 aliphatic heterocycles. The fourth-order valence-electron chi connectivity index (χ4n) is 5.82.